The van der Waals surface area contributed by atoms with E-state index in [1.54, 1.807) is 16.8 Å². The predicted octanol–water partition coefficient (Wildman–Crippen LogP) is 3.33. The molecule has 1 aliphatic heterocycles. The van der Waals surface area contributed by atoms with E-state index < -0.39 is 0 Å². The summed E-state index contributed by atoms with van der Waals surface area (Å²) in [7, 11) is 0. The number of β-amino-alcohol motifs (C(OH)–C–C–N with tert-alkyl or cyclic N) is 1. The van der Waals surface area contributed by atoms with Crippen LogP contribution in [-0.4, -0.2) is 55.6 Å². The fourth-order valence-electron chi connectivity index (χ4n) is 4.23. The number of nitrogens with zero attached hydrogens (tertiary/aromatic N) is 7. The Bertz CT molecular complexity index is 1390. The molecule has 0 radical (unpaired) electrons. The summed E-state index contributed by atoms with van der Waals surface area (Å²) in [6.45, 7) is 2.68. The SMILES string of the molecule is N#Cc1ccccc1Sc1cc(-c2cnn([C@H]3CCN(CCO)C3)c2)cn2ncc(C#N)c12. The maximum atomic E-state index is 9.59. The van der Waals surface area contributed by atoms with Gasteiger partial charge in [0.2, 0.25) is 0 Å². The van der Waals surface area contributed by atoms with Crippen molar-refractivity contribution in [2.75, 3.05) is 26.2 Å². The highest BCUT2D eigenvalue weighted by molar-refractivity contribution is 7.99. The van der Waals surface area contributed by atoms with Gasteiger partial charge in [0.1, 0.15) is 12.1 Å². The number of benzene rings is 1. The third kappa shape index (κ3) is 4.10. The number of rotatable bonds is 6. The van der Waals surface area contributed by atoms with Crippen molar-refractivity contribution >= 4 is 17.3 Å². The normalized spacial score (nSPS) is 16.2. The molecule has 0 aliphatic carbocycles. The van der Waals surface area contributed by atoms with E-state index >= 15 is 0 Å². The van der Waals surface area contributed by atoms with Gasteiger partial charge in [-0.2, -0.15) is 20.7 Å². The van der Waals surface area contributed by atoms with Crippen LogP contribution < -0.4 is 0 Å². The Morgan fingerprint density at radius 3 is 2.70 bits per heavy atom. The molecule has 4 heterocycles. The van der Waals surface area contributed by atoms with Gasteiger partial charge >= 0.3 is 0 Å². The Balaban J connectivity index is 1.52. The topological polar surface area (TPSA) is 106 Å². The molecule has 0 unspecified atom stereocenters. The van der Waals surface area contributed by atoms with Gasteiger partial charge in [0.25, 0.3) is 0 Å². The lowest BCUT2D eigenvalue weighted by atomic mass is 10.1. The number of hydrogen-bond acceptors (Lipinski definition) is 7. The van der Waals surface area contributed by atoms with Crippen molar-refractivity contribution in [3.63, 3.8) is 0 Å². The summed E-state index contributed by atoms with van der Waals surface area (Å²) in [5.74, 6) is 0. The van der Waals surface area contributed by atoms with E-state index in [2.05, 4.69) is 27.2 Å². The van der Waals surface area contributed by atoms with E-state index in [9.17, 15) is 15.6 Å². The molecular formula is C24H21N7OS. The van der Waals surface area contributed by atoms with Crippen LogP contribution >= 0.6 is 11.8 Å². The summed E-state index contributed by atoms with van der Waals surface area (Å²) >= 11 is 1.46. The van der Waals surface area contributed by atoms with Crippen molar-refractivity contribution in [1.29, 1.82) is 10.5 Å². The minimum atomic E-state index is 0.168. The van der Waals surface area contributed by atoms with Crippen molar-refractivity contribution < 1.29 is 5.11 Å². The number of pyridine rings is 1. The summed E-state index contributed by atoms with van der Waals surface area (Å²) in [5, 5.41) is 37.3. The molecule has 0 amide bonds. The second-order valence-electron chi connectivity index (χ2n) is 7.94. The molecule has 1 fully saturated rings. The van der Waals surface area contributed by atoms with Gasteiger partial charge < -0.3 is 5.11 Å². The van der Waals surface area contributed by atoms with E-state index in [4.69, 9.17) is 0 Å². The molecule has 33 heavy (non-hydrogen) atoms. The van der Waals surface area contributed by atoms with Crippen molar-refractivity contribution in [2.24, 2.45) is 0 Å². The van der Waals surface area contributed by atoms with Gasteiger partial charge in [0.15, 0.2) is 0 Å². The fraction of sp³-hybridized carbons (Fsp3) is 0.250. The third-order valence-electron chi connectivity index (χ3n) is 5.90. The van der Waals surface area contributed by atoms with Crippen molar-refractivity contribution in [3.05, 3.63) is 66.2 Å². The molecule has 0 spiro atoms. The van der Waals surface area contributed by atoms with Gasteiger partial charge in [-0.3, -0.25) is 9.58 Å². The van der Waals surface area contributed by atoms with Crippen LogP contribution in [0.5, 0.6) is 0 Å². The quantitative estimate of drug-likeness (QED) is 0.475. The molecule has 1 saturated heterocycles. The predicted molar refractivity (Wildman–Crippen MR) is 124 cm³/mol. The number of hydrogen-bond donors (Lipinski definition) is 1. The molecule has 9 heteroatoms. The van der Waals surface area contributed by atoms with Crippen LogP contribution in [0, 0.1) is 22.7 Å². The smallest absolute Gasteiger partial charge is 0.103 e. The maximum Gasteiger partial charge on any atom is 0.103 e. The van der Waals surface area contributed by atoms with Gasteiger partial charge in [-0.05, 0) is 24.6 Å². The first-order valence-corrected chi connectivity index (χ1v) is 11.5. The Labute approximate surface area is 195 Å². The number of aromatic nitrogens is 4. The van der Waals surface area contributed by atoms with Crippen molar-refractivity contribution in [2.45, 2.75) is 22.3 Å². The standard InChI is InChI=1S/C24H21N7OS/c25-10-17-3-1-2-4-22(17)33-23-9-18(14-31-24(23)19(11-26)12-28-31)20-13-27-30(15-20)21-5-6-29(16-21)7-8-32/h1-4,9,12-15,21,32H,5-8,16H2/t21-/m0/s1. The molecule has 164 valence electrons. The first-order chi connectivity index (χ1) is 16.2. The van der Waals surface area contributed by atoms with Gasteiger partial charge in [-0.25, -0.2) is 4.52 Å². The average Bonchev–Trinajstić information content (AvgIpc) is 3.59. The van der Waals surface area contributed by atoms with Crippen LogP contribution in [0.25, 0.3) is 16.6 Å². The summed E-state index contributed by atoms with van der Waals surface area (Å²) < 4.78 is 3.72. The van der Waals surface area contributed by atoms with E-state index in [1.807, 2.05) is 47.5 Å². The van der Waals surface area contributed by atoms with E-state index in [-0.39, 0.29) is 12.6 Å². The maximum absolute atomic E-state index is 9.59. The van der Waals surface area contributed by atoms with Crippen LogP contribution in [0.3, 0.4) is 0 Å². The number of nitriles is 2. The molecule has 1 aliphatic rings. The summed E-state index contributed by atoms with van der Waals surface area (Å²) in [6.07, 6.45) is 8.36. The number of likely N-dealkylation sites (tertiary alicyclic amines) is 1. The van der Waals surface area contributed by atoms with E-state index in [0.29, 0.717) is 17.7 Å². The first kappa shape index (κ1) is 21.2. The van der Waals surface area contributed by atoms with Crippen LogP contribution in [0.4, 0.5) is 0 Å². The largest absolute Gasteiger partial charge is 0.395 e. The van der Waals surface area contributed by atoms with Crippen molar-refractivity contribution in [1.82, 2.24) is 24.3 Å². The molecular weight excluding hydrogens is 434 g/mol. The second kappa shape index (κ2) is 9.08. The number of aliphatic hydroxyl groups excluding tert-OH is 1. The summed E-state index contributed by atoms with van der Waals surface area (Å²) in [5.41, 5.74) is 3.70. The Morgan fingerprint density at radius 1 is 1.03 bits per heavy atom. The summed E-state index contributed by atoms with van der Waals surface area (Å²) in [6, 6.07) is 14.2. The molecule has 3 aromatic heterocycles. The molecule has 1 atom stereocenters. The van der Waals surface area contributed by atoms with E-state index in [1.165, 1.54) is 11.8 Å². The number of fused-ring (bicyclic) bond motifs is 1. The summed E-state index contributed by atoms with van der Waals surface area (Å²) in [4.78, 5) is 3.92. The minimum Gasteiger partial charge on any atom is -0.395 e. The molecule has 8 nitrogen and oxygen atoms in total. The zero-order chi connectivity index (χ0) is 22.8. The average molecular weight is 456 g/mol. The molecule has 4 aromatic rings. The van der Waals surface area contributed by atoms with Crippen LogP contribution in [0.15, 0.2) is 64.9 Å². The van der Waals surface area contributed by atoms with Gasteiger partial charge in [-0.1, -0.05) is 23.9 Å². The molecule has 5 rings (SSSR count). The van der Waals surface area contributed by atoms with E-state index in [0.717, 1.165) is 45.9 Å². The zero-order valence-corrected chi connectivity index (χ0v) is 18.6. The minimum absolute atomic E-state index is 0.168. The lowest BCUT2D eigenvalue weighted by Crippen LogP contribution is -2.24. The molecule has 0 saturated carbocycles. The highest BCUT2D eigenvalue weighted by Gasteiger charge is 2.24. The fourth-order valence-corrected chi connectivity index (χ4v) is 5.32. The van der Waals surface area contributed by atoms with Crippen LogP contribution in [-0.2, 0) is 0 Å². The highest BCUT2D eigenvalue weighted by atomic mass is 32.2. The monoisotopic (exact) mass is 455 g/mol. The van der Waals surface area contributed by atoms with Gasteiger partial charge in [0.05, 0.1) is 41.7 Å². The lowest BCUT2D eigenvalue weighted by molar-refractivity contribution is 0.216. The Morgan fingerprint density at radius 2 is 1.88 bits per heavy atom. The molecule has 0 bridgehead atoms. The van der Waals surface area contributed by atoms with Crippen LogP contribution in [0.1, 0.15) is 23.6 Å². The molecule has 1 N–H and O–H groups in total. The zero-order valence-electron chi connectivity index (χ0n) is 17.8. The third-order valence-corrected chi connectivity index (χ3v) is 7.00. The van der Waals surface area contributed by atoms with Crippen LogP contribution in [0.2, 0.25) is 0 Å². The second-order valence-corrected chi connectivity index (χ2v) is 9.03. The number of aliphatic hydroxyl groups is 1. The van der Waals surface area contributed by atoms with Gasteiger partial charge in [-0.15, -0.1) is 0 Å². The Hall–Kier alpha value is -3.63. The van der Waals surface area contributed by atoms with Crippen molar-refractivity contribution in [3.8, 4) is 23.3 Å². The lowest BCUT2D eigenvalue weighted by Gasteiger charge is -2.14. The Kier molecular flexibility index (Phi) is 5.84. The van der Waals surface area contributed by atoms with Gasteiger partial charge in [0, 0.05) is 52.9 Å². The first-order valence-electron chi connectivity index (χ1n) is 10.7. The molecule has 1 aromatic carbocycles. The highest BCUT2D eigenvalue weighted by Crippen LogP contribution is 2.37.